The summed E-state index contributed by atoms with van der Waals surface area (Å²) >= 11 is 0. The Kier molecular flexibility index (Phi) is 5.45. The van der Waals surface area contributed by atoms with Crippen LogP contribution >= 0.6 is 0 Å². The van der Waals surface area contributed by atoms with Gasteiger partial charge in [-0.25, -0.2) is 0 Å². The topological polar surface area (TPSA) is 12.9 Å². The molecule has 0 spiro atoms. The maximum Gasteiger partial charge on any atom is 0.388 e. The molecule has 0 radical (unpaired) electrons. The van der Waals surface area contributed by atoms with Crippen LogP contribution in [-0.4, -0.2) is 19.2 Å². The molecule has 1 aliphatic rings. The van der Waals surface area contributed by atoms with Crippen LogP contribution in [0.3, 0.4) is 0 Å². The van der Waals surface area contributed by atoms with E-state index in [-0.39, 0.29) is 5.92 Å². The quantitative estimate of drug-likeness (QED) is 0.498. The zero-order valence-corrected chi connectivity index (χ0v) is 17.8. The number of pyridine rings is 1. The molecule has 0 amide bonds. The Balaban J connectivity index is 2.05. The maximum absolute atomic E-state index is 13.0. The van der Waals surface area contributed by atoms with Gasteiger partial charge in [0.05, 0.1) is 13.6 Å². The van der Waals surface area contributed by atoms with Crippen molar-refractivity contribution < 1.29 is 13.2 Å². The standard InChI is InChI=1S/C22H30F3NSi/c1-14-15(2)19(18-10-6-8-17-9-7-12-26-20(17)18)21(16(14)3)27(4,5)13-11-22(23,24)25/h6-10,12,14-16,19,21H,11,13H2,1-5H3. The number of aromatic nitrogens is 1. The summed E-state index contributed by atoms with van der Waals surface area (Å²) in [6.45, 7) is 11.1. The first kappa shape index (κ1) is 20.4. The third kappa shape index (κ3) is 3.94. The predicted octanol–water partition coefficient (Wildman–Crippen LogP) is 7.27. The number of benzene rings is 1. The molecule has 2 aromatic rings. The minimum absolute atomic E-state index is 0.281. The molecule has 1 nitrogen and oxygen atoms in total. The van der Waals surface area contributed by atoms with Crippen LogP contribution in [0.5, 0.6) is 0 Å². The van der Waals surface area contributed by atoms with E-state index in [1.807, 2.05) is 12.3 Å². The van der Waals surface area contributed by atoms with Gasteiger partial charge in [0.25, 0.3) is 0 Å². The Labute approximate surface area is 161 Å². The maximum atomic E-state index is 13.0. The minimum Gasteiger partial charge on any atom is -0.256 e. The number of alkyl halides is 3. The van der Waals surface area contributed by atoms with Gasteiger partial charge >= 0.3 is 6.18 Å². The van der Waals surface area contributed by atoms with Gasteiger partial charge in [-0.1, -0.05) is 58.1 Å². The van der Waals surface area contributed by atoms with Crippen LogP contribution in [0.15, 0.2) is 36.5 Å². The van der Waals surface area contributed by atoms with E-state index < -0.39 is 20.7 Å². The van der Waals surface area contributed by atoms with E-state index in [1.54, 1.807) is 0 Å². The third-order valence-corrected chi connectivity index (χ3v) is 11.4. The van der Waals surface area contributed by atoms with E-state index in [1.165, 1.54) is 5.56 Å². The van der Waals surface area contributed by atoms with E-state index in [9.17, 15) is 13.2 Å². The molecule has 1 aromatic heterocycles. The van der Waals surface area contributed by atoms with E-state index in [0.29, 0.717) is 29.3 Å². The molecule has 27 heavy (non-hydrogen) atoms. The number of rotatable bonds is 4. The van der Waals surface area contributed by atoms with Gasteiger partial charge in [-0.3, -0.25) is 4.98 Å². The molecule has 1 saturated carbocycles. The second-order valence-corrected chi connectivity index (χ2v) is 14.3. The third-order valence-electron chi connectivity index (χ3n) is 7.16. The Bertz CT molecular complexity index is 796. The second kappa shape index (κ2) is 7.23. The zero-order chi connectivity index (χ0) is 20.0. The Morgan fingerprint density at radius 1 is 0.963 bits per heavy atom. The van der Waals surface area contributed by atoms with Gasteiger partial charge in [0.15, 0.2) is 0 Å². The first-order valence-electron chi connectivity index (χ1n) is 9.93. The lowest BCUT2D eigenvalue weighted by Gasteiger charge is -2.38. The highest BCUT2D eigenvalue weighted by atomic mass is 28.3. The molecule has 1 aliphatic carbocycles. The Morgan fingerprint density at radius 3 is 2.30 bits per heavy atom. The number of fused-ring (bicyclic) bond motifs is 1. The van der Waals surface area contributed by atoms with Crippen LogP contribution in [0, 0.1) is 17.8 Å². The molecule has 0 aliphatic heterocycles. The summed E-state index contributed by atoms with van der Waals surface area (Å²) in [6.07, 6.45) is -2.90. The molecule has 0 N–H and O–H groups in total. The van der Waals surface area contributed by atoms with Crippen molar-refractivity contribution in [2.24, 2.45) is 17.8 Å². The van der Waals surface area contributed by atoms with Crippen molar-refractivity contribution in [3.8, 4) is 0 Å². The fraction of sp³-hybridized carbons (Fsp3) is 0.591. The van der Waals surface area contributed by atoms with E-state index >= 15 is 0 Å². The molecule has 1 aromatic carbocycles. The molecular formula is C22H30F3NSi. The van der Waals surface area contributed by atoms with Crippen LogP contribution in [0.1, 0.15) is 38.7 Å². The van der Waals surface area contributed by atoms with Crippen LogP contribution < -0.4 is 0 Å². The van der Waals surface area contributed by atoms with Crippen molar-refractivity contribution in [1.82, 2.24) is 4.98 Å². The van der Waals surface area contributed by atoms with Gasteiger partial charge in [0.2, 0.25) is 0 Å². The first-order valence-corrected chi connectivity index (χ1v) is 13.2. The average molecular weight is 394 g/mol. The number of hydrogen-bond donors (Lipinski definition) is 0. The summed E-state index contributed by atoms with van der Waals surface area (Å²) in [6, 6.07) is 10.6. The molecule has 1 heterocycles. The van der Waals surface area contributed by atoms with E-state index in [4.69, 9.17) is 0 Å². The predicted molar refractivity (Wildman–Crippen MR) is 109 cm³/mol. The van der Waals surface area contributed by atoms with E-state index in [2.05, 4.69) is 63.1 Å². The summed E-state index contributed by atoms with van der Waals surface area (Å²) < 4.78 is 38.9. The molecule has 1 fully saturated rings. The fourth-order valence-corrected chi connectivity index (χ4v) is 9.93. The highest BCUT2D eigenvalue weighted by Crippen LogP contribution is 2.59. The van der Waals surface area contributed by atoms with Gasteiger partial charge in [-0.2, -0.15) is 13.2 Å². The summed E-state index contributed by atoms with van der Waals surface area (Å²) in [5, 5.41) is 1.11. The largest absolute Gasteiger partial charge is 0.388 e. The average Bonchev–Trinajstić information content (AvgIpc) is 2.84. The van der Waals surface area contributed by atoms with Gasteiger partial charge < -0.3 is 0 Å². The molecular weight excluding hydrogens is 363 g/mol. The highest BCUT2D eigenvalue weighted by molar-refractivity contribution is 6.79. The number of hydrogen-bond acceptors (Lipinski definition) is 1. The van der Waals surface area contributed by atoms with Crippen molar-refractivity contribution in [2.45, 2.75) is 64.0 Å². The van der Waals surface area contributed by atoms with E-state index in [0.717, 1.165) is 10.9 Å². The molecule has 5 atom stereocenters. The number of para-hydroxylation sites is 1. The lowest BCUT2D eigenvalue weighted by molar-refractivity contribution is -0.130. The molecule has 5 unspecified atom stereocenters. The fourth-order valence-electron chi connectivity index (χ4n) is 5.49. The van der Waals surface area contributed by atoms with Gasteiger partial charge in [-0.15, -0.1) is 0 Å². The van der Waals surface area contributed by atoms with Crippen molar-refractivity contribution in [2.75, 3.05) is 0 Å². The lowest BCUT2D eigenvalue weighted by atomic mass is 9.85. The Hall–Kier alpha value is -1.36. The van der Waals surface area contributed by atoms with Crippen molar-refractivity contribution in [3.05, 3.63) is 42.1 Å². The highest BCUT2D eigenvalue weighted by Gasteiger charge is 2.52. The van der Waals surface area contributed by atoms with Crippen LogP contribution in [0.25, 0.3) is 10.9 Å². The van der Waals surface area contributed by atoms with Crippen LogP contribution in [0.4, 0.5) is 13.2 Å². The normalized spacial score (nSPS) is 29.4. The SMILES string of the molecule is CC1C(C)C(c2cccc3cccnc23)C([Si](C)(C)CCC(F)(F)F)C1C. The summed E-state index contributed by atoms with van der Waals surface area (Å²) in [5.74, 6) is 1.65. The monoisotopic (exact) mass is 393 g/mol. The van der Waals surface area contributed by atoms with Crippen molar-refractivity contribution in [1.29, 1.82) is 0 Å². The van der Waals surface area contributed by atoms with Crippen LogP contribution in [-0.2, 0) is 0 Å². The zero-order valence-electron chi connectivity index (χ0n) is 16.8. The first-order chi connectivity index (χ1) is 12.5. The molecule has 5 heteroatoms. The number of halogens is 3. The van der Waals surface area contributed by atoms with Crippen LogP contribution in [0.2, 0.25) is 24.7 Å². The molecule has 148 valence electrons. The van der Waals surface area contributed by atoms with Crippen molar-refractivity contribution >= 4 is 19.0 Å². The summed E-state index contributed by atoms with van der Waals surface area (Å²) in [7, 11) is -2.11. The van der Waals surface area contributed by atoms with Gasteiger partial charge in [-0.05, 0) is 46.9 Å². The van der Waals surface area contributed by atoms with Crippen molar-refractivity contribution in [3.63, 3.8) is 0 Å². The number of nitrogens with zero attached hydrogens (tertiary/aromatic N) is 1. The second-order valence-electron chi connectivity index (χ2n) is 9.16. The van der Waals surface area contributed by atoms with Gasteiger partial charge in [0, 0.05) is 18.0 Å². The Morgan fingerprint density at radius 2 is 1.63 bits per heavy atom. The lowest BCUT2D eigenvalue weighted by Crippen LogP contribution is -2.38. The summed E-state index contributed by atoms with van der Waals surface area (Å²) in [5.41, 5.74) is 2.58. The minimum atomic E-state index is -4.07. The molecule has 0 saturated heterocycles. The smallest absolute Gasteiger partial charge is 0.256 e. The molecule has 0 bridgehead atoms. The molecule has 3 rings (SSSR count). The van der Waals surface area contributed by atoms with Gasteiger partial charge in [0.1, 0.15) is 0 Å². The summed E-state index contributed by atoms with van der Waals surface area (Å²) in [4.78, 5) is 4.65.